The molecule has 0 amide bonds. The zero-order chi connectivity index (χ0) is 16.8. The molecule has 0 atom stereocenters. The fraction of sp³-hybridized carbons (Fsp3) is 0.600. The van der Waals surface area contributed by atoms with E-state index in [-0.39, 0.29) is 11.0 Å². The van der Waals surface area contributed by atoms with Crippen molar-refractivity contribution in [2.24, 2.45) is 0 Å². The van der Waals surface area contributed by atoms with Gasteiger partial charge in [0.05, 0.1) is 0 Å². The van der Waals surface area contributed by atoms with Crippen LogP contribution in [0.4, 0.5) is 0 Å². The molecule has 3 nitrogen and oxygen atoms in total. The second kappa shape index (κ2) is 5.55. The van der Waals surface area contributed by atoms with Gasteiger partial charge in [0, 0.05) is 22.4 Å². The van der Waals surface area contributed by atoms with Gasteiger partial charge >= 0.3 is 0 Å². The molecule has 0 spiro atoms. The molecule has 0 bridgehead atoms. The third kappa shape index (κ3) is 3.89. The third-order valence-corrected chi connectivity index (χ3v) is 4.26. The van der Waals surface area contributed by atoms with Crippen LogP contribution in [0.2, 0.25) is 0 Å². The van der Waals surface area contributed by atoms with Crippen molar-refractivity contribution < 1.29 is 9.15 Å². The average Bonchev–Trinajstić information content (AvgIpc) is 2.77. The predicted molar refractivity (Wildman–Crippen MR) is 95.2 cm³/mol. The molecule has 1 aromatic heterocycles. The van der Waals surface area contributed by atoms with Crippen LogP contribution in [0.3, 0.4) is 0 Å². The monoisotopic (exact) mass is 315 g/mol. The highest BCUT2D eigenvalue weighted by molar-refractivity contribution is 5.79. The maximum Gasteiger partial charge on any atom is 0.134 e. The Bertz CT molecular complexity index is 682. The molecule has 0 unspecified atom stereocenters. The molecule has 1 N–H and O–H groups in total. The summed E-state index contributed by atoms with van der Waals surface area (Å²) in [7, 11) is 0. The normalized spacial score (nSPS) is 22.2. The first-order valence-corrected chi connectivity index (χ1v) is 8.59. The van der Waals surface area contributed by atoms with Gasteiger partial charge < -0.3 is 14.5 Å². The molecule has 1 heterocycles. The molecule has 23 heavy (non-hydrogen) atoms. The van der Waals surface area contributed by atoms with Crippen LogP contribution in [0, 0.1) is 0 Å². The number of ether oxygens (including phenoxy) is 1. The molecule has 1 fully saturated rings. The SMILES string of the molecule is CC(C)(C)N[C@H]1C[C@@H](Oc2ccc3oc(C(C)(C)C)cc3c2)C1. The molecule has 3 rings (SSSR count). The quantitative estimate of drug-likeness (QED) is 0.862. The summed E-state index contributed by atoms with van der Waals surface area (Å²) in [5, 5.41) is 4.75. The van der Waals surface area contributed by atoms with Crippen molar-refractivity contribution in [2.75, 3.05) is 0 Å². The average molecular weight is 315 g/mol. The second-order valence-electron chi connectivity index (χ2n) is 8.86. The first-order valence-electron chi connectivity index (χ1n) is 8.59. The van der Waals surface area contributed by atoms with Crippen LogP contribution < -0.4 is 10.1 Å². The lowest BCUT2D eigenvalue weighted by Gasteiger charge is -2.40. The summed E-state index contributed by atoms with van der Waals surface area (Å²) >= 11 is 0. The van der Waals surface area contributed by atoms with E-state index >= 15 is 0 Å². The van der Waals surface area contributed by atoms with Gasteiger partial charge in [-0.25, -0.2) is 0 Å². The predicted octanol–water partition coefficient (Wildman–Crippen LogP) is 5.03. The Morgan fingerprint density at radius 2 is 1.74 bits per heavy atom. The molecule has 1 saturated carbocycles. The summed E-state index contributed by atoms with van der Waals surface area (Å²) in [5.74, 6) is 1.96. The van der Waals surface area contributed by atoms with Crippen molar-refractivity contribution in [3.63, 3.8) is 0 Å². The highest BCUT2D eigenvalue weighted by atomic mass is 16.5. The molecule has 126 valence electrons. The first kappa shape index (κ1) is 16.4. The van der Waals surface area contributed by atoms with E-state index in [1.165, 1.54) is 0 Å². The van der Waals surface area contributed by atoms with Crippen molar-refractivity contribution in [3.05, 3.63) is 30.0 Å². The first-order chi connectivity index (χ1) is 10.6. The lowest BCUT2D eigenvalue weighted by atomic mass is 9.87. The van der Waals surface area contributed by atoms with E-state index in [0.717, 1.165) is 35.3 Å². The minimum Gasteiger partial charge on any atom is -0.490 e. The maximum atomic E-state index is 6.12. The minimum atomic E-state index is 0.0276. The van der Waals surface area contributed by atoms with Gasteiger partial charge in [0.2, 0.25) is 0 Å². The fourth-order valence-corrected chi connectivity index (χ4v) is 3.05. The number of hydrogen-bond acceptors (Lipinski definition) is 3. The van der Waals surface area contributed by atoms with Gasteiger partial charge in [0.25, 0.3) is 0 Å². The Morgan fingerprint density at radius 1 is 1.04 bits per heavy atom. The van der Waals surface area contributed by atoms with E-state index in [1.54, 1.807) is 0 Å². The lowest BCUT2D eigenvalue weighted by molar-refractivity contribution is 0.0735. The summed E-state index contributed by atoms with van der Waals surface area (Å²) in [4.78, 5) is 0. The Balaban J connectivity index is 1.64. The summed E-state index contributed by atoms with van der Waals surface area (Å²) < 4.78 is 12.1. The van der Waals surface area contributed by atoms with Crippen molar-refractivity contribution in [1.82, 2.24) is 5.32 Å². The van der Waals surface area contributed by atoms with Gasteiger partial charge in [-0.2, -0.15) is 0 Å². The van der Waals surface area contributed by atoms with E-state index in [9.17, 15) is 0 Å². The van der Waals surface area contributed by atoms with Crippen LogP contribution in [0.5, 0.6) is 5.75 Å². The largest absolute Gasteiger partial charge is 0.490 e. The van der Waals surface area contributed by atoms with Crippen LogP contribution in [0.1, 0.15) is 60.1 Å². The number of hydrogen-bond donors (Lipinski definition) is 1. The zero-order valence-corrected chi connectivity index (χ0v) is 15.2. The molecule has 2 aromatic rings. The molecule has 1 aliphatic rings. The standard InChI is InChI=1S/C20H29NO2/c1-19(2,3)18-10-13-9-15(7-8-17(13)23-18)22-16-11-14(12-16)21-20(4,5)6/h7-10,14,16,21H,11-12H2,1-6H3/t14-,16+. The van der Waals surface area contributed by atoms with Gasteiger partial charge in [-0.3, -0.25) is 0 Å². The van der Waals surface area contributed by atoms with Gasteiger partial charge in [-0.05, 0) is 57.9 Å². The Morgan fingerprint density at radius 3 is 2.35 bits per heavy atom. The van der Waals surface area contributed by atoms with Gasteiger partial charge in [-0.1, -0.05) is 20.8 Å². The van der Waals surface area contributed by atoms with Gasteiger partial charge in [0.1, 0.15) is 23.2 Å². The molecular formula is C20H29NO2. The molecule has 1 aromatic carbocycles. The van der Waals surface area contributed by atoms with E-state index < -0.39 is 0 Å². The van der Waals surface area contributed by atoms with Gasteiger partial charge in [-0.15, -0.1) is 0 Å². The number of furan rings is 1. The molecule has 0 aliphatic heterocycles. The highest BCUT2D eigenvalue weighted by Crippen LogP contribution is 2.33. The van der Waals surface area contributed by atoms with Crippen LogP contribution >= 0.6 is 0 Å². The van der Waals surface area contributed by atoms with Crippen molar-refractivity contribution in [1.29, 1.82) is 0 Å². The third-order valence-electron chi connectivity index (χ3n) is 4.26. The number of fused-ring (bicyclic) bond motifs is 1. The van der Waals surface area contributed by atoms with Crippen molar-refractivity contribution in [2.45, 2.75) is 77.5 Å². The Labute approximate surface area is 139 Å². The van der Waals surface area contributed by atoms with Crippen molar-refractivity contribution >= 4 is 11.0 Å². The van der Waals surface area contributed by atoms with Crippen LogP contribution in [-0.4, -0.2) is 17.7 Å². The number of nitrogens with one attached hydrogen (secondary N) is 1. The van der Waals surface area contributed by atoms with Crippen LogP contribution in [0.25, 0.3) is 11.0 Å². The summed E-state index contributed by atoms with van der Waals surface area (Å²) in [6, 6.07) is 8.84. The summed E-state index contributed by atoms with van der Waals surface area (Å²) in [6.45, 7) is 13.1. The molecule has 1 aliphatic carbocycles. The zero-order valence-electron chi connectivity index (χ0n) is 15.2. The van der Waals surface area contributed by atoms with Crippen LogP contribution in [-0.2, 0) is 5.41 Å². The Kier molecular flexibility index (Phi) is 3.96. The van der Waals surface area contributed by atoms with E-state index in [2.05, 4.69) is 59.0 Å². The minimum absolute atomic E-state index is 0.0276. The molecule has 3 heteroatoms. The topological polar surface area (TPSA) is 34.4 Å². The van der Waals surface area contributed by atoms with Gasteiger partial charge in [0.15, 0.2) is 0 Å². The molecule has 0 radical (unpaired) electrons. The maximum absolute atomic E-state index is 6.12. The number of rotatable bonds is 3. The molecule has 0 saturated heterocycles. The Hall–Kier alpha value is -1.48. The van der Waals surface area contributed by atoms with E-state index in [4.69, 9.17) is 9.15 Å². The molecular weight excluding hydrogens is 286 g/mol. The summed E-state index contributed by atoms with van der Waals surface area (Å²) in [6.07, 6.45) is 2.48. The number of benzene rings is 1. The highest BCUT2D eigenvalue weighted by Gasteiger charge is 2.33. The fourth-order valence-electron chi connectivity index (χ4n) is 3.05. The lowest BCUT2D eigenvalue weighted by Crippen LogP contribution is -2.53. The van der Waals surface area contributed by atoms with Crippen molar-refractivity contribution in [3.8, 4) is 5.75 Å². The van der Waals surface area contributed by atoms with Crippen LogP contribution in [0.15, 0.2) is 28.7 Å². The van der Waals surface area contributed by atoms with E-state index in [1.807, 2.05) is 12.1 Å². The smallest absolute Gasteiger partial charge is 0.134 e. The summed E-state index contributed by atoms with van der Waals surface area (Å²) in [5.41, 5.74) is 1.14. The van der Waals surface area contributed by atoms with E-state index in [0.29, 0.717) is 12.1 Å². The second-order valence-corrected chi connectivity index (χ2v) is 8.86.